The molecule has 2 aromatic rings. The van der Waals surface area contributed by atoms with Gasteiger partial charge in [-0.2, -0.15) is 0 Å². The number of aryl methyl sites for hydroxylation is 2. The van der Waals surface area contributed by atoms with Crippen LogP contribution in [0.1, 0.15) is 16.7 Å². The molecule has 0 aromatic heterocycles. The smallest absolute Gasteiger partial charge is 0.146 e. The second-order valence-electron chi connectivity index (χ2n) is 5.46. The van der Waals surface area contributed by atoms with E-state index in [-0.39, 0.29) is 5.82 Å². The van der Waals surface area contributed by atoms with Crippen molar-refractivity contribution in [2.75, 3.05) is 31.4 Å². The van der Waals surface area contributed by atoms with Crippen LogP contribution in [0.15, 0.2) is 43.0 Å². The maximum atomic E-state index is 13.7. The molecule has 0 bridgehead atoms. The average molecular weight is 316 g/mol. The molecule has 0 atom stereocenters. The predicted octanol–water partition coefficient (Wildman–Crippen LogP) is 4.20. The minimum atomic E-state index is -0.234. The van der Waals surface area contributed by atoms with Gasteiger partial charge in [-0.3, -0.25) is 0 Å². The Labute approximate surface area is 138 Å². The Morgan fingerprint density at radius 3 is 2.26 bits per heavy atom. The van der Waals surface area contributed by atoms with Crippen LogP contribution < -0.4 is 10.2 Å². The summed E-state index contributed by atoms with van der Waals surface area (Å²) in [6, 6.07) is 11.2. The molecule has 2 rings (SSSR count). The highest BCUT2D eigenvalue weighted by atomic mass is 19.1. The number of anilines is 2. The van der Waals surface area contributed by atoms with Crippen LogP contribution in [-0.4, -0.2) is 26.3 Å². The van der Waals surface area contributed by atoms with Crippen LogP contribution in [-0.2, 0) is 0 Å². The van der Waals surface area contributed by atoms with E-state index in [1.165, 1.54) is 17.2 Å². The van der Waals surface area contributed by atoms with Crippen LogP contribution in [0.4, 0.5) is 15.8 Å². The third kappa shape index (κ3) is 4.83. The van der Waals surface area contributed by atoms with Gasteiger partial charge in [0.05, 0.1) is 5.69 Å². The molecule has 2 aromatic carbocycles. The Kier molecular flexibility index (Phi) is 6.79. The van der Waals surface area contributed by atoms with Crippen molar-refractivity contribution in [3.63, 3.8) is 0 Å². The third-order valence-electron chi connectivity index (χ3n) is 3.58. The van der Waals surface area contributed by atoms with E-state index in [0.717, 1.165) is 24.1 Å². The van der Waals surface area contributed by atoms with Gasteiger partial charge in [0.1, 0.15) is 5.82 Å². The SMILES string of the molecule is C=C(Nc1ccc(C)c(C)c1)c1ccc(F)c(N(C)C)c1.CO. The molecule has 0 radical (unpaired) electrons. The quantitative estimate of drug-likeness (QED) is 0.887. The van der Waals surface area contributed by atoms with Crippen molar-refractivity contribution in [3.05, 3.63) is 65.5 Å². The molecular weight excluding hydrogens is 291 g/mol. The average Bonchev–Trinajstić information content (AvgIpc) is 2.53. The van der Waals surface area contributed by atoms with Gasteiger partial charge in [-0.25, -0.2) is 4.39 Å². The largest absolute Gasteiger partial charge is 0.400 e. The first-order valence-electron chi connectivity index (χ1n) is 7.33. The first kappa shape index (κ1) is 18.7. The Hall–Kier alpha value is -2.33. The fourth-order valence-corrected chi connectivity index (χ4v) is 2.11. The molecule has 0 aliphatic heterocycles. The Balaban J connectivity index is 0.00000127. The molecule has 2 N–H and O–H groups in total. The molecular formula is C19H25FN2O. The van der Waals surface area contributed by atoms with Crippen LogP contribution in [0.25, 0.3) is 5.70 Å². The summed E-state index contributed by atoms with van der Waals surface area (Å²) in [4.78, 5) is 1.75. The summed E-state index contributed by atoms with van der Waals surface area (Å²) in [6.45, 7) is 8.21. The lowest BCUT2D eigenvalue weighted by molar-refractivity contribution is 0.399. The Bertz CT molecular complexity index is 681. The van der Waals surface area contributed by atoms with Gasteiger partial charge in [-0.05, 0) is 60.9 Å². The second-order valence-corrected chi connectivity index (χ2v) is 5.46. The number of hydrogen-bond donors (Lipinski definition) is 2. The summed E-state index contributed by atoms with van der Waals surface area (Å²) in [7, 11) is 4.64. The van der Waals surface area contributed by atoms with Gasteiger partial charge in [-0.15, -0.1) is 0 Å². The lowest BCUT2D eigenvalue weighted by atomic mass is 10.1. The summed E-state index contributed by atoms with van der Waals surface area (Å²) in [5, 5.41) is 10.3. The van der Waals surface area contributed by atoms with Crippen molar-refractivity contribution in [1.82, 2.24) is 0 Å². The number of benzene rings is 2. The van der Waals surface area contributed by atoms with E-state index in [4.69, 9.17) is 5.11 Å². The van der Waals surface area contributed by atoms with Crippen molar-refractivity contribution < 1.29 is 9.50 Å². The maximum absolute atomic E-state index is 13.7. The molecule has 0 unspecified atom stereocenters. The molecule has 3 nitrogen and oxygen atoms in total. The fraction of sp³-hybridized carbons (Fsp3) is 0.263. The Morgan fingerprint density at radius 1 is 1.04 bits per heavy atom. The Morgan fingerprint density at radius 2 is 1.70 bits per heavy atom. The van der Waals surface area contributed by atoms with Crippen molar-refractivity contribution >= 4 is 17.1 Å². The first-order chi connectivity index (χ1) is 10.9. The van der Waals surface area contributed by atoms with Crippen molar-refractivity contribution in [1.29, 1.82) is 0 Å². The summed E-state index contributed by atoms with van der Waals surface area (Å²) >= 11 is 0. The van der Waals surface area contributed by atoms with Gasteiger partial charge in [0.15, 0.2) is 0 Å². The van der Waals surface area contributed by atoms with E-state index >= 15 is 0 Å². The van der Waals surface area contributed by atoms with Crippen LogP contribution in [0.5, 0.6) is 0 Å². The van der Waals surface area contributed by atoms with E-state index in [9.17, 15) is 4.39 Å². The van der Waals surface area contributed by atoms with E-state index in [2.05, 4.69) is 37.9 Å². The fourth-order valence-electron chi connectivity index (χ4n) is 2.11. The molecule has 0 heterocycles. The highest BCUT2D eigenvalue weighted by molar-refractivity contribution is 5.77. The minimum Gasteiger partial charge on any atom is -0.400 e. The molecule has 0 saturated carbocycles. The molecule has 0 fully saturated rings. The summed E-state index contributed by atoms with van der Waals surface area (Å²) in [5.41, 5.74) is 5.64. The number of halogens is 1. The number of hydrogen-bond acceptors (Lipinski definition) is 3. The van der Waals surface area contributed by atoms with Crippen molar-refractivity contribution in [2.24, 2.45) is 0 Å². The number of aliphatic hydroxyl groups is 1. The van der Waals surface area contributed by atoms with Crippen LogP contribution in [0.2, 0.25) is 0 Å². The molecule has 0 spiro atoms. The second kappa shape index (κ2) is 8.34. The highest BCUT2D eigenvalue weighted by Gasteiger charge is 2.08. The first-order valence-corrected chi connectivity index (χ1v) is 7.33. The number of rotatable bonds is 4. The summed E-state index contributed by atoms with van der Waals surface area (Å²) < 4.78 is 13.7. The normalized spacial score (nSPS) is 9.70. The molecule has 0 aliphatic rings. The van der Waals surface area contributed by atoms with E-state index in [1.807, 2.05) is 20.2 Å². The lowest BCUT2D eigenvalue weighted by Crippen LogP contribution is -2.11. The highest BCUT2D eigenvalue weighted by Crippen LogP contribution is 2.24. The van der Waals surface area contributed by atoms with Crippen molar-refractivity contribution in [2.45, 2.75) is 13.8 Å². The van der Waals surface area contributed by atoms with Crippen molar-refractivity contribution in [3.8, 4) is 0 Å². The third-order valence-corrected chi connectivity index (χ3v) is 3.58. The molecule has 0 saturated heterocycles. The van der Waals surface area contributed by atoms with E-state index in [0.29, 0.717) is 5.69 Å². The molecule has 4 heteroatoms. The van der Waals surface area contributed by atoms with Crippen LogP contribution >= 0.6 is 0 Å². The summed E-state index contributed by atoms with van der Waals surface area (Å²) in [6.07, 6.45) is 0. The van der Waals surface area contributed by atoms with Gasteiger partial charge in [-0.1, -0.05) is 12.6 Å². The van der Waals surface area contributed by atoms with Crippen LogP contribution in [0.3, 0.4) is 0 Å². The minimum absolute atomic E-state index is 0.234. The maximum Gasteiger partial charge on any atom is 0.146 e. The van der Waals surface area contributed by atoms with Gasteiger partial charge in [0.2, 0.25) is 0 Å². The summed E-state index contributed by atoms with van der Waals surface area (Å²) in [5.74, 6) is -0.234. The lowest BCUT2D eigenvalue weighted by Gasteiger charge is -2.17. The van der Waals surface area contributed by atoms with Crippen LogP contribution in [0, 0.1) is 19.7 Å². The van der Waals surface area contributed by atoms with Gasteiger partial charge in [0.25, 0.3) is 0 Å². The zero-order valence-corrected chi connectivity index (χ0v) is 14.4. The predicted molar refractivity (Wildman–Crippen MR) is 97.4 cm³/mol. The molecule has 124 valence electrons. The van der Waals surface area contributed by atoms with Gasteiger partial charge in [0, 0.05) is 32.6 Å². The molecule has 0 amide bonds. The topological polar surface area (TPSA) is 35.5 Å². The monoisotopic (exact) mass is 316 g/mol. The zero-order chi connectivity index (χ0) is 17.6. The standard InChI is InChI=1S/C18H21FN2.CH4O/c1-12-6-8-16(10-13(12)2)20-14(3)15-7-9-17(19)18(11-15)21(4)5;1-2/h6-11,20H,3H2,1-2,4-5H3;2H,1H3. The number of nitrogens with zero attached hydrogens (tertiary/aromatic N) is 1. The van der Waals surface area contributed by atoms with Gasteiger partial charge >= 0.3 is 0 Å². The van der Waals surface area contributed by atoms with E-state index in [1.54, 1.807) is 17.0 Å². The molecule has 23 heavy (non-hydrogen) atoms. The molecule has 0 aliphatic carbocycles. The number of nitrogens with one attached hydrogen (secondary N) is 1. The van der Waals surface area contributed by atoms with E-state index < -0.39 is 0 Å². The number of aliphatic hydroxyl groups excluding tert-OH is 1. The zero-order valence-electron chi connectivity index (χ0n) is 14.4. The van der Waals surface area contributed by atoms with Gasteiger partial charge < -0.3 is 15.3 Å².